The normalized spacial score (nSPS) is 15.3. The molecule has 0 radical (unpaired) electrons. The van der Waals surface area contributed by atoms with Crippen molar-refractivity contribution in [2.75, 3.05) is 11.9 Å². The second-order valence-electron chi connectivity index (χ2n) is 8.51. The molecular formula is C26H23F4N3O2. The predicted molar refractivity (Wildman–Crippen MR) is 123 cm³/mol. The summed E-state index contributed by atoms with van der Waals surface area (Å²) in [6, 6.07) is 10.1. The molecule has 0 aliphatic carbocycles. The largest absolute Gasteiger partial charge is 0.348 e. The molecule has 1 unspecified atom stereocenters. The van der Waals surface area contributed by atoms with Crippen molar-refractivity contribution < 1.29 is 27.2 Å². The number of nitrogens with one attached hydrogen (secondary N) is 1. The molecule has 35 heavy (non-hydrogen) atoms. The van der Waals surface area contributed by atoms with Crippen molar-refractivity contribution >= 4 is 17.6 Å². The number of anilines is 1. The first kappa shape index (κ1) is 24.3. The molecule has 5 nitrogen and oxygen atoms in total. The van der Waals surface area contributed by atoms with E-state index in [2.05, 4.69) is 5.32 Å². The number of halogens is 4. The zero-order valence-electron chi connectivity index (χ0n) is 19.3. The van der Waals surface area contributed by atoms with Crippen molar-refractivity contribution in [2.45, 2.75) is 33.0 Å². The molecule has 1 heterocycles. The van der Waals surface area contributed by atoms with Crippen LogP contribution in [-0.4, -0.2) is 23.9 Å². The summed E-state index contributed by atoms with van der Waals surface area (Å²) in [5.41, 5.74) is 1.64. The summed E-state index contributed by atoms with van der Waals surface area (Å²) in [5.74, 6) is -4.33. The molecule has 0 saturated heterocycles. The number of carbonyl (C=O) groups excluding carboxylic acids is 2. The summed E-state index contributed by atoms with van der Waals surface area (Å²) >= 11 is 0. The summed E-state index contributed by atoms with van der Waals surface area (Å²) in [5, 5.41) is 2.42. The third kappa shape index (κ3) is 4.58. The van der Waals surface area contributed by atoms with Crippen LogP contribution >= 0.6 is 0 Å². The molecule has 1 atom stereocenters. The van der Waals surface area contributed by atoms with Crippen LogP contribution in [-0.2, 0) is 13.1 Å². The fraction of sp³-hybridized carbons (Fsp3) is 0.231. The number of urea groups is 1. The second kappa shape index (κ2) is 9.40. The highest BCUT2D eigenvalue weighted by Gasteiger charge is 2.34. The van der Waals surface area contributed by atoms with E-state index >= 15 is 0 Å². The Morgan fingerprint density at radius 3 is 2.40 bits per heavy atom. The average Bonchev–Trinajstić information content (AvgIpc) is 2.81. The molecule has 1 aliphatic rings. The first-order chi connectivity index (χ1) is 16.6. The maximum Gasteiger partial charge on any atom is 0.325 e. The van der Waals surface area contributed by atoms with Gasteiger partial charge in [0.1, 0.15) is 23.3 Å². The zero-order valence-corrected chi connectivity index (χ0v) is 19.3. The smallest absolute Gasteiger partial charge is 0.325 e. The van der Waals surface area contributed by atoms with Crippen LogP contribution in [0.15, 0.2) is 48.5 Å². The highest BCUT2D eigenvalue weighted by molar-refractivity contribution is 5.99. The summed E-state index contributed by atoms with van der Waals surface area (Å²) in [7, 11) is 1.64. The van der Waals surface area contributed by atoms with Gasteiger partial charge in [-0.15, -0.1) is 0 Å². The van der Waals surface area contributed by atoms with Crippen LogP contribution < -0.4 is 10.2 Å². The molecular weight excluding hydrogens is 462 g/mol. The van der Waals surface area contributed by atoms with Crippen molar-refractivity contribution in [3.63, 3.8) is 0 Å². The summed E-state index contributed by atoms with van der Waals surface area (Å²) in [6.07, 6.45) is 0. The van der Waals surface area contributed by atoms with Gasteiger partial charge in [0, 0.05) is 42.4 Å². The minimum absolute atomic E-state index is 0.0481. The fourth-order valence-corrected chi connectivity index (χ4v) is 4.10. The predicted octanol–water partition coefficient (Wildman–Crippen LogP) is 5.61. The standard InChI is InChI=1S/C26H23F4N3O2/c1-14-5-4-6-17(24(14)30)13-33-23-9-16(7-8-19(23)15(2)32(3)26(33)35)25(34)31-12-20-21(28)10-18(27)11-22(20)29/h4-11,15H,12-13H2,1-3H3,(H,31,34). The van der Waals surface area contributed by atoms with E-state index in [9.17, 15) is 27.2 Å². The van der Waals surface area contributed by atoms with Crippen molar-refractivity contribution in [1.82, 2.24) is 10.2 Å². The van der Waals surface area contributed by atoms with Gasteiger partial charge in [-0.05, 0) is 37.1 Å². The highest BCUT2D eigenvalue weighted by atomic mass is 19.1. The summed E-state index contributed by atoms with van der Waals surface area (Å²) in [6.45, 7) is 2.92. The topological polar surface area (TPSA) is 52.7 Å². The van der Waals surface area contributed by atoms with Crippen molar-refractivity contribution in [1.29, 1.82) is 0 Å². The number of hydrogen-bond acceptors (Lipinski definition) is 2. The van der Waals surface area contributed by atoms with Gasteiger partial charge in [0.2, 0.25) is 0 Å². The Kier molecular flexibility index (Phi) is 6.51. The van der Waals surface area contributed by atoms with Crippen molar-refractivity contribution in [3.05, 3.63) is 99.6 Å². The lowest BCUT2D eigenvalue weighted by Crippen LogP contribution is -2.46. The van der Waals surface area contributed by atoms with E-state index < -0.39 is 41.3 Å². The molecule has 0 fully saturated rings. The molecule has 0 spiro atoms. The molecule has 1 aliphatic heterocycles. The summed E-state index contributed by atoms with van der Waals surface area (Å²) < 4.78 is 55.7. The van der Waals surface area contributed by atoms with Crippen LogP contribution in [0.1, 0.15) is 45.6 Å². The van der Waals surface area contributed by atoms with Gasteiger partial charge in [0.15, 0.2) is 0 Å². The SMILES string of the molecule is Cc1cccc(CN2C(=O)N(C)C(C)c3ccc(C(=O)NCc4c(F)cc(F)cc4F)cc32)c1F. The van der Waals surface area contributed by atoms with E-state index in [0.717, 1.165) is 5.56 Å². The van der Waals surface area contributed by atoms with Gasteiger partial charge in [-0.1, -0.05) is 24.3 Å². The number of aryl methyl sites for hydroxylation is 1. The van der Waals surface area contributed by atoms with Gasteiger partial charge >= 0.3 is 6.03 Å². The quantitative estimate of drug-likeness (QED) is 0.478. The van der Waals surface area contributed by atoms with E-state index in [-0.39, 0.29) is 24.2 Å². The van der Waals surface area contributed by atoms with E-state index in [1.54, 1.807) is 38.2 Å². The third-order valence-electron chi connectivity index (χ3n) is 6.28. The number of carbonyl (C=O) groups is 2. The lowest BCUT2D eigenvalue weighted by molar-refractivity contribution is 0.0950. The number of rotatable bonds is 5. The zero-order chi connectivity index (χ0) is 25.4. The molecule has 3 aromatic carbocycles. The van der Waals surface area contributed by atoms with Gasteiger partial charge in [0.25, 0.3) is 5.91 Å². The molecule has 0 aromatic heterocycles. The number of nitrogens with zero attached hydrogens (tertiary/aromatic N) is 2. The maximum atomic E-state index is 14.7. The molecule has 3 amide bonds. The fourth-order valence-electron chi connectivity index (χ4n) is 4.10. The molecule has 0 bridgehead atoms. The van der Waals surface area contributed by atoms with Crippen LogP contribution in [0.4, 0.5) is 28.0 Å². The Labute approximate surface area is 200 Å². The molecule has 4 rings (SSSR count). The number of hydrogen-bond donors (Lipinski definition) is 1. The van der Waals surface area contributed by atoms with Crippen LogP contribution in [0.3, 0.4) is 0 Å². The third-order valence-corrected chi connectivity index (χ3v) is 6.28. The first-order valence-electron chi connectivity index (χ1n) is 10.9. The minimum atomic E-state index is -1.11. The van der Waals surface area contributed by atoms with Gasteiger partial charge in [0.05, 0.1) is 18.3 Å². The average molecular weight is 485 g/mol. The monoisotopic (exact) mass is 485 g/mol. The summed E-state index contributed by atoms with van der Waals surface area (Å²) in [4.78, 5) is 28.8. The highest BCUT2D eigenvalue weighted by Crippen LogP contribution is 2.37. The van der Waals surface area contributed by atoms with E-state index in [4.69, 9.17) is 0 Å². The Morgan fingerprint density at radius 2 is 1.71 bits per heavy atom. The van der Waals surface area contributed by atoms with Crippen LogP contribution in [0.25, 0.3) is 0 Å². The van der Waals surface area contributed by atoms with Crippen molar-refractivity contribution in [2.24, 2.45) is 0 Å². The Hall–Kier alpha value is -3.88. The van der Waals surface area contributed by atoms with E-state index in [1.807, 2.05) is 6.92 Å². The van der Waals surface area contributed by atoms with E-state index in [1.165, 1.54) is 21.9 Å². The van der Waals surface area contributed by atoms with Gasteiger partial charge in [-0.25, -0.2) is 22.4 Å². The Balaban J connectivity index is 1.64. The molecule has 1 N–H and O–H groups in total. The minimum Gasteiger partial charge on any atom is -0.348 e. The number of benzene rings is 3. The molecule has 0 saturated carbocycles. The number of fused-ring (bicyclic) bond motifs is 1. The van der Waals surface area contributed by atoms with Crippen molar-refractivity contribution in [3.8, 4) is 0 Å². The van der Waals surface area contributed by atoms with Crippen LogP contribution in [0.2, 0.25) is 0 Å². The lowest BCUT2D eigenvalue weighted by Gasteiger charge is -2.39. The Morgan fingerprint density at radius 1 is 1.03 bits per heavy atom. The maximum absolute atomic E-state index is 14.7. The molecule has 3 aromatic rings. The molecule has 182 valence electrons. The lowest BCUT2D eigenvalue weighted by atomic mass is 9.98. The van der Waals surface area contributed by atoms with Crippen LogP contribution in [0, 0.1) is 30.2 Å². The van der Waals surface area contributed by atoms with E-state index in [0.29, 0.717) is 28.9 Å². The second-order valence-corrected chi connectivity index (χ2v) is 8.51. The van der Waals surface area contributed by atoms with Crippen LogP contribution in [0.5, 0.6) is 0 Å². The van der Waals surface area contributed by atoms with Gasteiger partial charge in [-0.3, -0.25) is 9.69 Å². The Bertz CT molecular complexity index is 1300. The molecule has 9 heteroatoms. The van der Waals surface area contributed by atoms with Gasteiger partial charge in [-0.2, -0.15) is 0 Å². The first-order valence-corrected chi connectivity index (χ1v) is 10.9. The van der Waals surface area contributed by atoms with Gasteiger partial charge < -0.3 is 10.2 Å². The number of amides is 3.